The van der Waals surface area contributed by atoms with Crippen molar-refractivity contribution in [2.75, 3.05) is 49.1 Å². The molecule has 0 spiro atoms. The van der Waals surface area contributed by atoms with Crippen LogP contribution in [0.5, 0.6) is 0 Å². The van der Waals surface area contributed by atoms with Crippen LogP contribution in [0.4, 0.5) is 20.2 Å². The fraction of sp³-hybridized carbons (Fsp3) is 0.500. The van der Waals surface area contributed by atoms with E-state index in [0.29, 0.717) is 67.5 Å². The van der Waals surface area contributed by atoms with E-state index >= 15 is 0 Å². The lowest BCUT2D eigenvalue weighted by molar-refractivity contribution is -0.161. The third-order valence-corrected chi connectivity index (χ3v) is 21.1. The molecule has 4 aromatic heterocycles. The van der Waals surface area contributed by atoms with Crippen LogP contribution in [0.1, 0.15) is 197 Å². The van der Waals surface area contributed by atoms with E-state index in [0.717, 1.165) is 157 Å². The average Bonchev–Trinajstić information content (AvgIpc) is 0.832. The van der Waals surface area contributed by atoms with Gasteiger partial charge in [-0.1, -0.05) is 69.3 Å². The summed E-state index contributed by atoms with van der Waals surface area (Å²) in [5.41, 5.74) is 16.4. The fourth-order valence-corrected chi connectivity index (χ4v) is 15.3. The number of piperidine rings is 2. The number of rotatable bonds is 21. The molecular weight excluding hydrogens is 1260 g/mol. The molecule has 18 nitrogen and oxygen atoms in total. The number of aromatic nitrogens is 8. The number of ether oxygens (including phenoxy) is 2. The number of nitrogens with zero attached hydrogens (tertiary/aromatic N) is 12. The van der Waals surface area contributed by atoms with E-state index < -0.39 is 35.3 Å². The lowest BCUT2D eigenvalue weighted by atomic mass is 9.76. The van der Waals surface area contributed by atoms with Gasteiger partial charge in [0, 0.05) is 106 Å². The molecule has 12 rings (SSSR count). The zero-order valence-corrected chi connectivity index (χ0v) is 61.0. The number of aliphatic carboxylic acids is 2. The van der Waals surface area contributed by atoms with Crippen molar-refractivity contribution in [1.29, 1.82) is 0 Å². The topological polar surface area (TPSA) is 193 Å². The van der Waals surface area contributed by atoms with E-state index in [1.165, 1.54) is 34.4 Å². The van der Waals surface area contributed by atoms with Crippen LogP contribution in [0.3, 0.4) is 0 Å². The van der Waals surface area contributed by atoms with Gasteiger partial charge in [0.05, 0.1) is 47.1 Å². The van der Waals surface area contributed by atoms with E-state index in [4.69, 9.17) is 29.5 Å². The maximum atomic E-state index is 14.2. The highest BCUT2D eigenvalue weighted by Gasteiger charge is 2.41. The number of carboxylic acids is 2. The summed E-state index contributed by atoms with van der Waals surface area (Å²) in [4.78, 5) is 57.2. The molecule has 8 heterocycles. The van der Waals surface area contributed by atoms with Gasteiger partial charge in [-0.3, -0.25) is 19.8 Å². The molecule has 0 saturated carbocycles. The SMILES string of the molecule is Cc1cc(F)ccc1CN1CCc2cc(-c3c(Cn4cnc(CCC5(C)CCN(c6c(-c7ccc8c(c7)CCN(Cc7ccc(F)cc7C)C8)c(Cn7ncnc7C)nc(C)c6[C@H](OC(C)(C)C)C(=O)O)CC5)n4)nc(C)c([C@H](OC(C)(C)C)C(=O)O)c3N3CCC(C)(C)CC3)ccc2C1. The second kappa shape index (κ2) is 28.6. The van der Waals surface area contributed by atoms with Crippen molar-refractivity contribution < 1.29 is 38.1 Å². The smallest absolute Gasteiger partial charge is 0.337 e. The summed E-state index contributed by atoms with van der Waals surface area (Å²) in [7, 11) is 0. The molecule has 0 aliphatic carbocycles. The maximum Gasteiger partial charge on any atom is 0.337 e. The predicted octanol–water partition coefficient (Wildman–Crippen LogP) is 14.8. The Labute approximate surface area is 588 Å². The van der Waals surface area contributed by atoms with Crippen LogP contribution in [0.15, 0.2) is 85.5 Å². The fourth-order valence-electron chi connectivity index (χ4n) is 15.3. The number of hydrogen-bond donors (Lipinski definition) is 2. The first kappa shape index (κ1) is 71.5. The first-order valence-electron chi connectivity index (χ1n) is 35.6. The monoisotopic (exact) mass is 1360 g/mol. The van der Waals surface area contributed by atoms with Crippen molar-refractivity contribution in [3.63, 3.8) is 0 Å². The molecule has 4 aliphatic heterocycles. The molecule has 0 bridgehead atoms. The summed E-state index contributed by atoms with van der Waals surface area (Å²) < 4.78 is 45.1. The van der Waals surface area contributed by atoms with Crippen molar-refractivity contribution in [2.24, 2.45) is 10.8 Å². The van der Waals surface area contributed by atoms with Crippen LogP contribution >= 0.6 is 0 Å². The number of halogens is 2. The molecule has 100 heavy (non-hydrogen) atoms. The number of carboxylic acid groups (broad SMARTS) is 2. The minimum atomic E-state index is -1.32. The Morgan fingerprint density at radius 2 is 1.05 bits per heavy atom. The zero-order chi connectivity index (χ0) is 71.3. The molecule has 2 saturated heterocycles. The third kappa shape index (κ3) is 16.2. The van der Waals surface area contributed by atoms with Crippen LogP contribution in [0, 0.1) is 57.1 Å². The quantitative estimate of drug-likeness (QED) is 0.0689. The molecule has 2 N–H and O–H groups in total. The number of fused-ring (bicyclic) bond motifs is 2. The first-order chi connectivity index (χ1) is 47.3. The Morgan fingerprint density at radius 1 is 0.580 bits per heavy atom. The molecule has 4 aromatic carbocycles. The Hall–Kier alpha value is -8.30. The highest BCUT2D eigenvalue weighted by atomic mass is 19.1. The number of pyridine rings is 2. The van der Waals surface area contributed by atoms with E-state index in [1.807, 2.05) is 97.7 Å². The summed E-state index contributed by atoms with van der Waals surface area (Å²) in [6.45, 7) is 35.8. The van der Waals surface area contributed by atoms with Crippen LogP contribution in [0.25, 0.3) is 22.3 Å². The van der Waals surface area contributed by atoms with Crippen molar-refractivity contribution in [2.45, 2.75) is 211 Å². The van der Waals surface area contributed by atoms with E-state index in [9.17, 15) is 28.6 Å². The summed E-state index contributed by atoms with van der Waals surface area (Å²) in [6, 6.07) is 23.3. The summed E-state index contributed by atoms with van der Waals surface area (Å²) >= 11 is 0. The predicted molar refractivity (Wildman–Crippen MR) is 385 cm³/mol. The number of aryl methyl sites for hydroxylation is 6. The van der Waals surface area contributed by atoms with Crippen molar-refractivity contribution in [3.8, 4) is 22.3 Å². The van der Waals surface area contributed by atoms with Crippen LogP contribution < -0.4 is 9.80 Å². The number of carbonyl (C=O) groups is 2. The lowest BCUT2D eigenvalue weighted by Gasteiger charge is -2.43. The van der Waals surface area contributed by atoms with Crippen molar-refractivity contribution >= 4 is 23.3 Å². The third-order valence-electron chi connectivity index (χ3n) is 21.1. The van der Waals surface area contributed by atoms with E-state index in [2.05, 4.69) is 86.9 Å². The molecule has 0 radical (unpaired) electrons. The van der Waals surface area contributed by atoms with Gasteiger partial charge in [-0.15, -0.1) is 0 Å². The summed E-state index contributed by atoms with van der Waals surface area (Å²) in [5.74, 6) is -1.18. The van der Waals surface area contributed by atoms with Gasteiger partial charge < -0.3 is 29.5 Å². The Balaban J connectivity index is 0.852. The number of anilines is 2. The van der Waals surface area contributed by atoms with Crippen molar-refractivity contribution in [1.82, 2.24) is 49.3 Å². The minimum Gasteiger partial charge on any atom is -0.479 e. The molecule has 0 amide bonds. The molecule has 8 aromatic rings. The molecular formula is C80H100F2N12O6. The standard InChI is InChI=1S/C80H100F2N12O6/c1-49-37-62(81)21-19-58(49)41-89-31-24-54-39-56(15-17-60(54)43-89)69-64(86-51(3)67(73(75(95)96)99-77(6,7)8)71(69)91-33-27-79(12,13)28-34-91)45-93-48-84-66(88-93)23-26-80(14)29-35-92(36-30-80)72-68(74(76(97)98)100-78(9,10)11)52(4)87-65(46-94-53(5)83-47-85-94)70(72)57-16-18-61-44-90(32-25-55(61)40-57)42-59-20-22-63(82)38-50(59)2/h15-22,37-40,47-48,73-74H,23-36,41-46H2,1-14H3,(H,95,96)(H,97,98)/t73-,74-/m0/s1. The van der Waals surface area contributed by atoms with Gasteiger partial charge in [-0.05, 0) is 212 Å². The largest absolute Gasteiger partial charge is 0.479 e. The highest BCUT2D eigenvalue weighted by molar-refractivity contribution is 5.90. The Bertz CT molecular complexity index is 4360. The van der Waals surface area contributed by atoms with Gasteiger partial charge in [0.25, 0.3) is 0 Å². The van der Waals surface area contributed by atoms with E-state index in [-0.39, 0.29) is 29.0 Å². The zero-order valence-electron chi connectivity index (χ0n) is 61.0. The Morgan fingerprint density at radius 3 is 1.49 bits per heavy atom. The van der Waals surface area contributed by atoms with Gasteiger partial charge >= 0.3 is 11.9 Å². The maximum absolute atomic E-state index is 14.2. The van der Waals surface area contributed by atoms with Crippen LogP contribution in [-0.2, 0) is 77.6 Å². The molecule has 0 unspecified atom stereocenters. The lowest BCUT2D eigenvalue weighted by Crippen LogP contribution is -2.41. The van der Waals surface area contributed by atoms with Crippen LogP contribution in [0.2, 0.25) is 0 Å². The van der Waals surface area contributed by atoms with E-state index in [1.54, 1.807) is 24.8 Å². The van der Waals surface area contributed by atoms with Crippen molar-refractivity contribution in [3.05, 3.63) is 187 Å². The van der Waals surface area contributed by atoms with Gasteiger partial charge in [0.1, 0.15) is 30.1 Å². The molecule has 4 aliphatic rings. The van der Waals surface area contributed by atoms with Gasteiger partial charge in [0.2, 0.25) is 0 Å². The molecule has 530 valence electrons. The molecule has 2 fully saturated rings. The normalized spacial score (nSPS) is 17.3. The van der Waals surface area contributed by atoms with Gasteiger partial charge in [0.15, 0.2) is 18.0 Å². The summed E-state index contributed by atoms with van der Waals surface area (Å²) in [6.07, 6.45) is 7.19. The van der Waals surface area contributed by atoms with Crippen LogP contribution in [-0.4, -0.2) is 122 Å². The molecule has 20 heteroatoms. The minimum absolute atomic E-state index is 0.106. The second-order valence-electron chi connectivity index (χ2n) is 31.8. The average molecular weight is 1360 g/mol. The van der Waals surface area contributed by atoms with Gasteiger partial charge in [-0.2, -0.15) is 10.2 Å². The number of benzene rings is 4. The number of hydrogen-bond acceptors (Lipinski definition) is 14. The summed E-state index contributed by atoms with van der Waals surface area (Å²) in [5, 5.41) is 32.2. The highest BCUT2D eigenvalue weighted by Crippen LogP contribution is 2.49. The second-order valence-corrected chi connectivity index (χ2v) is 31.8. The molecule has 2 atom stereocenters. The van der Waals surface area contributed by atoms with Gasteiger partial charge in [-0.25, -0.2) is 37.7 Å². The first-order valence-corrected chi connectivity index (χ1v) is 35.6. The Kier molecular flexibility index (Phi) is 20.5.